The van der Waals surface area contributed by atoms with E-state index in [4.69, 9.17) is 32.7 Å². The van der Waals surface area contributed by atoms with Crippen LogP contribution in [0, 0.1) is 3.57 Å². The smallest absolute Gasteiger partial charge is 0.259 e. The van der Waals surface area contributed by atoms with Crippen molar-refractivity contribution in [3.63, 3.8) is 0 Å². The lowest BCUT2D eigenvalue weighted by atomic mass is 10.2. The molecule has 0 aliphatic carbocycles. The van der Waals surface area contributed by atoms with Crippen LogP contribution in [0.2, 0.25) is 10.0 Å². The highest BCUT2D eigenvalue weighted by atomic mass is 127. The molecule has 0 atom stereocenters. The number of nitrogens with one attached hydrogen (secondary N) is 2. The van der Waals surface area contributed by atoms with Crippen LogP contribution < -0.4 is 20.2 Å². The molecular formula is C23H19BrCl2IN3O3. The Hall–Kier alpha value is -2.01. The van der Waals surface area contributed by atoms with E-state index >= 15 is 0 Å². The van der Waals surface area contributed by atoms with Gasteiger partial charge in [-0.3, -0.25) is 4.79 Å². The van der Waals surface area contributed by atoms with E-state index in [1.165, 1.54) is 0 Å². The van der Waals surface area contributed by atoms with Gasteiger partial charge < -0.3 is 14.8 Å². The quantitative estimate of drug-likeness (QED) is 0.156. The summed E-state index contributed by atoms with van der Waals surface area (Å²) in [4.78, 5) is 12.0. The fraction of sp³-hybridized carbons (Fsp3) is 0.130. The molecule has 0 fully saturated rings. The molecule has 3 rings (SSSR count). The Morgan fingerprint density at radius 3 is 2.61 bits per heavy atom. The first kappa shape index (κ1) is 25.6. The van der Waals surface area contributed by atoms with E-state index in [9.17, 15) is 4.79 Å². The molecule has 0 aliphatic heterocycles. The van der Waals surface area contributed by atoms with Gasteiger partial charge in [0, 0.05) is 25.8 Å². The number of hydrogen-bond donors (Lipinski definition) is 2. The molecule has 6 nitrogen and oxygen atoms in total. The zero-order chi connectivity index (χ0) is 23.8. The van der Waals surface area contributed by atoms with E-state index < -0.39 is 0 Å². The Kier molecular flexibility index (Phi) is 9.66. The Labute approximate surface area is 223 Å². The predicted molar refractivity (Wildman–Crippen MR) is 145 cm³/mol. The standard InChI is InChI=1S/C23H19BrCl2IN3O3/c1-32-21-9-14(11-29-30-22(31)12-28-18-6-3-16(24)4-7-18)8-20(27)23(21)33-13-15-2-5-17(25)10-19(15)26/h2-11,28H,12-13H2,1H3,(H,30,31)/b29-11-. The van der Waals surface area contributed by atoms with Crippen LogP contribution in [-0.2, 0) is 11.4 Å². The molecule has 0 heterocycles. The number of carbonyl (C=O) groups excluding carboxylic acids is 1. The van der Waals surface area contributed by atoms with Crippen LogP contribution in [0.4, 0.5) is 5.69 Å². The molecule has 3 aromatic rings. The molecule has 0 spiro atoms. The van der Waals surface area contributed by atoms with Crippen molar-refractivity contribution in [2.75, 3.05) is 19.0 Å². The molecule has 1 amide bonds. The fourth-order valence-corrected chi connectivity index (χ4v) is 4.22. The van der Waals surface area contributed by atoms with Crippen LogP contribution in [0.3, 0.4) is 0 Å². The average Bonchev–Trinajstić information content (AvgIpc) is 2.78. The van der Waals surface area contributed by atoms with Crippen molar-refractivity contribution in [3.05, 3.63) is 83.8 Å². The maximum absolute atomic E-state index is 12.0. The first-order chi connectivity index (χ1) is 15.9. The highest BCUT2D eigenvalue weighted by molar-refractivity contribution is 14.1. The summed E-state index contributed by atoms with van der Waals surface area (Å²) < 4.78 is 13.2. The highest BCUT2D eigenvalue weighted by Crippen LogP contribution is 2.34. The number of ether oxygens (including phenoxy) is 2. The summed E-state index contributed by atoms with van der Waals surface area (Å²) in [6.45, 7) is 0.358. The van der Waals surface area contributed by atoms with Crippen LogP contribution in [0.5, 0.6) is 11.5 Å². The molecule has 0 radical (unpaired) electrons. The van der Waals surface area contributed by atoms with Crippen molar-refractivity contribution in [1.82, 2.24) is 5.43 Å². The molecule has 33 heavy (non-hydrogen) atoms. The molecule has 0 bridgehead atoms. The Bertz CT molecular complexity index is 1160. The Balaban J connectivity index is 1.59. The zero-order valence-electron chi connectivity index (χ0n) is 17.4. The van der Waals surface area contributed by atoms with E-state index in [2.05, 4.69) is 54.4 Å². The molecule has 2 N–H and O–H groups in total. The summed E-state index contributed by atoms with van der Waals surface area (Å²) in [6.07, 6.45) is 1.54. The number of halogens is 4. The van der Waals surface area contributed by atoms with Crippen LogP contribution >= 0.6 is 61.7 Å². The largest absolute Gasteiger partial charge is 0.493 e. The van der Waals surface area contributed by atoms with Gasteiger partial charge in [-0.2, -0.15) is 5.10 Å². The summed E-state index contributed by atoms with van der Waals surface area (Å²) in [5.41, 5.74) is 4.89. The van der Waals surface area contributed by atoms with Gasteiger partial charge in [0.05, 0.1) is 23.4 Å². The van der Waals surface area contributed by atoms with Gasteiger partial charge in [-0.25, -0.2) is 5.43 Å². The van der Waals surface area contributed by atoms with Crippen molar-refractivity contribution in [2.24, 2.45) is 5.10 Å². The third-order valence-electron chi connectivity index (χ3n) is 4.34. The van der Waals surface area contributed by atoms with E-state index in [0.717, 1.165) is 24.9 Å². The molecule has 0 saturated carbocycles. The normalized spacial score (nSPS) is 10.8. The molecular weight excluding hydrogens is 644 g/mol. The van der Waals surface area contributed by atoms with Crippen LogP contribution in [0.25, 0.3) is 0 Å². The van der Waals surface area contributed by atoms with Gasteiger partial charge in [0.2, 0.25) is 0 Å². The van der Waals surface area contributed by atoms with Crippen molar-refractivity contribution in [1.29, 1.82) is 0 Å². The second kappa shape index (κ2) is 12.5. The average molecular weight is 663 g/mol. The van der Waals surface area contributed by atoms with Crippen LogP contribution in [0.1, 0.15) is 11.1 Å². The van der Waals surface area contributed by atoms with Gasteiger partial charge >= 0.3 is 0 Å². The van der Waals surface area contributed by atoms with E-state index in [1.807, 2.05) is 36.4 Å². The number of methoxy groups -OCH3 is 1. The van der Waals surface area contributed by atoms with Crippen LogP contribution in [0.15, 0.2) is 64.2 Å². The fourth-order valence-electron chi connectivity index (χ4n) is 2.71. The summed E-state index contributed by atoms with van der Waals surface area (Å²) in [7, 11) is 1.56. The summed E-state index contributed by atoms with van der Waals surface area (Å²) in [5.74, 6) is 0.858. The number of rotatable bonds is 9. The third kappa shape index (κ3) is 7.77. The van der Waals surface area contributed by atoms with Crippen molar-refractivity contribution >= 4 is 79.5 Å². The molecule has 0 unspecified atom stereocenters. The molecule has 172 valence electrons. The minimum Gasteiger partial charge on any atom is -0.493 e. The second-order valence-corrected chi connectivity index (χ2v) is 9.63. The first-order valence-electron chi connectivity index (χ1n) is 9.61. The third-order valence-corrected chi connectivity index (χ3v) is 6.26. The maximum atomic E-state index is 12.0. The van der Waals surface area contributed by atoms with Crippen LogP contribution in [-0.4, -0.2) is 25.8 Å². The second-order valence-electron chi connectivity index (χ2n) is 6.71. The van der Waals surface area contributed by atoms with Gasteiger partial charge in [0.25, 0.3) is 5.91 Å². The summed E-state index contributed by atoms with van der Waals surface area (Å²) in [5, 5.41) is 8.15. The lowest BCUT2D eigenvalue weighted by Gasteiger charge is -2.14. The Morgan fingerprint density at radius 1 is 1.15 bits per heavy atom. The maximum Gasteiger partial charge on any atom is 0.259 e. The number of hydrogen-bond acceptors (Lipinski definition) is 5. The van der Waals surface area contributed by atoms with Gasteiger partial charge in [-0.05, 0) is 76.7 Å². The number of nitrogens with zero attached hydrogens (tertiary/aromatic N) is 1. The number of benzene rings is 3. The summed E-state index contributed by atoms with van der Waals surface area (Å²) in [6, 6.07) is 16.4. The molecule has 0 aromatic heterocycles. The minimum atomic E-state index is -0.268. The van der Waals surface area contributed by atoms with Crippen molar-refractivity contribution in [2.45, 2.75) is 6.61 Å². The summed E-state index contributed by atoms with van der Waals surface area (Å²) >= 11 is 17.7. The zero-order valence-corrected chi connectivity index (χ0v) is 22.6. The molecule has 3 aromatic carbocycles. The molecule has 0 aliphatic rings. The van der Waals surface area contributed by atoms with E-state index in [0.29, 0.717) is 21.5 Å². The van der Waals surface area contributed by atoms with E-state index in [-0.39, 0.29) is 19.1 Å². The lowest BCUT2D eigenvalue weighted by Crippen LogP contribution is -2.25. The van der Waals surface area contributed by atoms with E-state index in [1.54, 1.807) is 31.5 Å². The molecule has 10 heteroatoms. The first-order valence-corrected chi connectivity index (χ1v) is 12.2. The number of amides is 1. The minimum absolute atomic E-state index is 0.0971. The number of hydrazone groups is 1. The number of anilines is 1. The number of carbonyl (C=O) groups is 1. The highest BCUT2D eigenvalue weighted by Gasteiger charge is 2.13. The Morgan fingerprint density at radius 2 is 1.91 bits per heavy atom. The van der Waals surface area contributed by atoms with Gasteiger partial charge in [-0.15, -0.1) is 0 Å². The SMILES string of the molecule is COc1cc(/C=N\NC(=O)CNc2ccc(Br)cc2)cc(I)c1OCc1ccc(Cl)cc1Cl. The van der Waals surface area contributed by atoms with Gasteiger partial charge in [0.15, 0.2) is 11.5 Å². The molecule has 0 saturated heterocycles. The monoisotopic (exact) mass is 661 g/mol. The van der Waals surface area contributed by atoms with Crippen molar-refractivity contribution in [3.8, 4) is 11.5 Å². The van der Waals surface area contributed by atoms with Gasteiger partial charge in [0.1, 0.15) is 6.61 Å². The van der Waals surface area contributed by atoms with Crippen molar-refractivity contribution < 1.29 is 14.3 Å². The topological polar surface area (TPSA) is 72.0 Å². The van der Waals surface area contributed by atoms with Gasteiger partial charge in [-0.1, -0.05) is 45.2 Å². The lowest BCUT2D eigenvalue weighted by molar-refractivity contribution is -0.119. The predicted octanol–water partition coefficient (Wildman–Crippen LogP) is 6.51.